The third-order valence-corrected chi connectivity index (χ3v) is 22.6. The average Bonchev–Trinajstić information content (AvgIpc) is 1.24. The van der Waals surface area contributed by atoms with E-state index in [2.05, 4.69) is 37.0 Å². The number of fused-ring (bicyclic) bond motifs is 2. The number of allylic oxidation sites excluding steroid dienone is 1. The molecule has 14 rings (SSSR count). The summed E-state index contributed by atoms with van der Waals surface area (Å²) in [5.41, 5.74) is 5.26. The zero-order valence-corrected chi connectivity index (χ0v) is 61.9. The Kier molecular flexibility index (Phi) is 21.1. The third kappa shape index (κ3) is 14.7. The minimum atomic E-state index is -0.914. The molecule has 3 aromatic heterocycles. The van der Waals surface area contributed by atoms with Crippen molar-refractivity contribution in [2.75, 3.05) is 89.5 Å². The Morgan fingerprint density at radius 3 is 1.50 bits per heavy atom. The SMILES string of the molecule is C=C(O)C(C)(C)c1ccc(-n2cc(N3C[C@@H]4CN(CC5=C(C(=O)OC)[C@H](c6ccc(F)cc6Cl)N=C(c6nccs6)N5)CCN4C3=O)ccc2=O)c(F)c1.COC(=O)C1=C(CN2CCN3C(=O)N(c4ccc(-c5ccc(C(C)(C)C(C)=O)cc5)cc4)C[C@@H]3C2)NC(c2nccs2)=N[C@H]1c1ccc(F)cc1Cl. The molecule has 0 radical (unpaired) electrons. The summed E-state index contributed by atoms with van der Waals surface area (Å²) in [5, 5.41) is 21.8. The minimum Gasteiger partial charge on any atom is -0.512 e. The van der Waals surface area contributed by atoms with Gasteiger partial charge in [-0.15, -0.1) is 22.7 Å². The molecule has 5 aromatic carbocycles. The Hall–Kier alpha value is -10.3. The number of halogens is 5. The Morgan fingerprint density at radius 1 is 0.604 bits per heavy atom. The molecule has 4 saturated heterocycles. The number of ether oxygens (including phenoxy) is 2. The van der Waals surface area contributed by atoms with E-state index in [1.807, 2.05) is 77.6 Å². The molecule has 0 aliphatic carbocycles. The van der Waals surface area contributed by atoms with Crippen molar-refractivity contribution in [1.82, 2.24) is 44.8 Å². The third-order valence-electron chi connectivity index (χ3n) is 20.3. The number of nitrogens with zero attached hydrogens (tertiary/aromatic N) is 11. The summed E-state index contributed by atoms with van der Waals surface area (Å²) in [6.45, 7) is 16.8. The Morgan fingerprint density at radius 2 is 1.07 bits per heavy atom. The molecule has 0 spiro atoms. The van der Waals surface area contributed by atoms with Crippen molar-refractivity contribution in [3.63, 3.8) is 0 Å². The highest BCUT2D eigenvalue weighted by Crippen LogP contribution is 2.41. The monoisotopic (exact) mass is 1520 g/mol. The first kappa shape index (κ1) is 74.0. The average molecular weight is 1520 g/mol. The van der Waals surface area contributed by atoms with E-state index in [0.29, 0.717) is 108 Å². The highest BCUT2D eigenvalue weighted by molar-refractivity contribution is 7.12. The molecule has 8 aromatic rings. The van der Waals surface area contributed by atoms with Gasteiger partial charge in [-0.05, 0) is 111 Å². The number of carbonyl (C=O) groups excluding carboxylic acids is 5. The number of hydrogen-bond donors (Lipinski definition) is 3. The molecule has 0 bridgehead atoms. The van der Waals surface area contributed by atoms with Crippen molar-refractivity contribution >= 4 is 98.7 Å². The standard InChI is InChI=1S/C39H38ClFN6O4S.C38H36ClF2N7O5S/c1-23(48)39(2,3)26-9-5-24(6-10-26)25-7-12-28(13-8-25)47-21-29-20-45(16-17-46(29)38(47)50)22-32-33(37(49)51-4)34(30-14-11-27(41)19-31(30)40)44-35(43-32)36-42-15-18-52-36;1-21(49)38(2,3)22-5-9-30(28(41)15-22)48-18-24(7-10-31(48)50)47-19-25-17-45(12-13-46(25)37(47)52)20-29-32(36(51)53-4)33(26-8-6-23(40)16-27(26)39)44-34(43-29)35-42-11-14-54-35/h5-15,18-19,29,34H,16-17,20-22H2,1-4H3,(H,43,44);5-11,14-16,18,25,33,49H,1,12-13,17,19-20H2,2-4H3,(H,43,44)/t29-,34-;25-,33-/m00/s1. The van der Waals surface area contributed by atoms with Crippen LogP contribution in [0.4, 0.5) is 34.1 Å². The van der Waals surface area contributed by atoms with Crippen molar-refractivity contribution in [1.29, 1.82) is 0 Å². The summed E-state index contributed by atoms with van der Waals surface area (Å²) < 4.78 is 55.2. The molecule has 0 unspecified atom stereocenters. The van der Waals surface area contributed by atoms with Crippen molar-refractivity contribution in [2.24, 2.45) is 9.98 Å². The number of amides is 4. The fourth-order valence-corrected chi connectivity index (χ4v) is 15.6. The van der Waals surface area contributed by atoms with Gasteiger partial charge in [0.2, 0.25) is 0 Å². The van der Waals surface area contributed by atoms with Gasteiger partial charge in [-0.25, -0.2) is 42.3 Å². The van der Waals surface area contributed by atoms with Crippen LogP contribution in [0.1, 0.15) is 79.0 Å². The Bertz CT molecular complexity index is 4990. The van der Waals surface area contributed by atoms with Gasteiger partial charge < -0.3 is 35.0 Å². The van der Waals surface area contributed by atoms with Crippen LogP contribution in [0.2, 0.25) is 10.0 Å². The number of ketones is 1. The predicted molar refractivity (Wildman–Crippen MR) is 402 cm³/mol. The van der Waals surface area contributed by atoms with Gasteiger partial charge in [-0.1, -0.05) is 84.4 Å². The van der Waals surface area contributed by atoms with Crippen molar-refractivity contribution < 1.29 is 51.7 Å². The number of amidine groups is 2. The van der Waals surface area contributed by atoms with Crippen LogP contribution in [0, 0.1) is 17.5 Å². The van der Waals surface area contributed by atoms with E-state index in [1.54, 1.807) is 54.4 Å². The topological polar surface area (TPSA) is 240 Å². The molecule has 106 heavy (non-hydrogen) atoms. The molecular weight excluding hydrogens is 1440 g/mol. The lowest BCUT2D eigenvalue weighted by Gasteiger charge is -2.38. The van der Waals surface area contributed by atoms with Gasteiger partial charge >= 0.3 is 24.0 Å². The first-order chi connectivity index (χ1) is 50.7. The van der Waals surface area contributed by atoms with E-state index in [1.165, 1.54) is 104 Å². The summed E-state index contributed by atoms with van der Waals surface area (Å²) in [4.78, 5) is 109. The van der Waals surface area contributed by atoms with E-state index >= 15 is 4.39 Å². The van der Waals surface area contributed by atoms with E-state index in [0.717, 1.165) is 26.9 Å². The zero-order chi connectivity index (χ0) is 75.2. The number of aliphatic hydroxyl groups is 1. The van der Waals surface area contributed by atoms with E-state index < -0.39 is 57.9 Å². The quantitative estimate of drug-likeness (QED) is 0.0535. The van der Waals surface area contributed by atoms with Gasteiger partial charge in [-0.2, -0.15) is 0 Å². The van der Waals surface area contributed by atoms with Gasteiger partial charge in [0.15, 0.2) is 21.7 Å². The van der Waals surface area contributed by atoms with Crippen LogP contribution in [0.5, 0.6) is 0 Å². The molecular formula is C77H74Cl2F3N13O9S2. The zero-order valence-electron chi connectivity index (χ0n) is 58.8. The molecule has 3 N–H and O–H groups in total. The molecule has 9 heterocycles. The van der Waals surface area contributed by atoms with Crippen LogP contribution in [0.15, 0.2) is 194 Å². The lowest BCUT2D eigenvalue weighted by Crippen LogP contribution is -2.53. The Balaban J connectivity index is 0.000000188. The summed E-state index contributed by atoms with van der Waals surface area (Å²) in [6.07, 6.45) is 4.76. The normalized spacial score (nSPS) is 19.2. The largest absolute Gasteiger partial charge is 0.512 e. The van der Waals surface area contributed by atoms with Gasteiger partial charge in [0.25, 0.3) is 5.56 Å². The van der Waals surface area contributed by atoms with Crippen LogP contribution >= 0.6 is 45.9 Å². The number of methoxy groups -OCH3 is 2. The number of anilines is 2. The lowest BCUT2D eigenvalue weighted by atomic mass is 9.81. The van der Waals surface area contributed by atoms with Crippen LogP contribution in [-0.2, 0) is 34.7 Å². The number of aromatic nitrogens is 3. The number of benzene rings is 5. The molecule has 4 amide bonds. The number of thiazole rings is 2. The number of esters is 2. The highest BCUT2D eigenvalue weighted by atomic mass is 35.5. The minimum absolute atomic E-state index is 0.00366. The number of urea groups is 2. The number of rotatable bonds is 18. The van der Waals surface area contributed by atoms with Crippen molar-refractivity contribution in [3.05, 3.63) is 250 Å². The van der Waals surface area contributed by atoms with E-state index in [4.69, 9.17) is 42.7 Å². The van der Waals surface area contributed by atoms with Gasteiger partial charge in [0.1, 0.15) is 35.3 Å². The first-order valence-corrected chi connectivity index (χ1v) is 36.5. The fourth-order valence-electron chi connectivity index (χ4n) is 13.8. The second kappa shape index (κ2) is 30.3. The first-order valence-electron chi connectivity index (χ1n) is 34.0. The molecule has 29 heteroatoms. The molecule has 548 valence electrons. The number of pyridine rings is 1. The molecule has 6 aliphatic rings. The molecule has 4 fully saturated rings. The van der Waals surface area contributed by atoms with Crippen LogP contribution < -0.4 is 26.0 Å². The Labute approximate surface area is 627 Å². The second-order valence-corrected chi connectivity index (χ2v) is 30.0. The maximum Gasteiger partial charge on any atom is 0.338 e. The van der Waals surface area contributed by atoms with Crippen LogP contribution in [0.3, 0.4) is 0 Å². The van der Waals surface area contributed by atoms with Crippen molar-refractivity contribution in [3.8, 4) is 16.8 Å². The number of nitrogens with one attached hydrogen (secondary N) is 2. The maximum absolute atomic E-state index is 15.5. The van der Waals surface area contributed by atoms with Crippen LogP contribution in [0.25, 0.3) is 16.8 Å². The second-order valence-electron chi connectivity index (χ2n) is 27.4. The molecule has 4 atom stereocenters. The van der Waals surface area contributed by atoms with E-state index in [-0.39, 0.29) is 75.7 Å². The number of carbonyl (C=O) groups is 5. The fraction of sp³-hybridized carbons (Fsp3) is 0.299. The summed E-state index contributed by atoms with van der Waals surface area (Å²) in [6, 6.07) is 28.8. The maximum atomic E-state index is 15.5. The number of aliphatic imine (C=N–C) groups is 2. The summed E-state index contributed by atoms with van der Waals surface area (Å²) in [5.74, 6) is -2.02. The van der Waals surface area contributed by atoms with Crippen molar-refractivity contribution in [2.45, 2.75) is 69.6 Å². The number of hydrogen-bond acceptors (Lipinski definition) is 19. The number of aliphatic hydroxyl groups excluding tert-OH is 1. The lowest BCUT2D eigenvalue weighted by molar-refractivity contribution is -0.137. The van der Waals surface area contributed by atoms with E-state index in [9.17, 15) is 42.7 Å². The van der Waals surface area contributed by atoms with Gasteiger partial charge in [0.05, 0.1) is 54.6 Å². The summed E-state index contributed by atoms with van der Waals surface area (Å²) in [7, 11) is 2.59. The number of piperazine rings is 2. The summed E-state index contributed by atoms with van der Waals surface area (Å²) >= 11 is 15.8. The number of Topliss-reactive ketones (excluding diaryl/α,β-unsaturated/α-hetero) is 1. The van der Waals surface area contributed by atoms with Gasteiger partial charge in [0, 0.05) is 150 Å². The molecule has 0 saturated carbocycles. The predicted octanol–water partition coefficient (Wildman–Crippen LogP) is 12.3. The highest BCUT2D eigenvalue weighted by Gasteiger charge is 2.45. The smallest absolute Gasteiger partial charge is 0.338 e. The molecule has 22 nitrogen and oxygen atoms in total. The van der Waals surface area contributed by atoms with Gasteiger partial charge in [-0.3, -0.25) is 43.7 Å². The molecule has 6 aliphatic heterocycles. The van der Waals surface area contributed by atoms with Crippen LogP contribution in [-0.4, -0.2) is 172 Å².